The number of rotatable bonds is 4. The van der Waals surface area contributed by atoms with Gasteiger partial charge in [-0.3, -0.25) is 0 Å². The second-order valence-corrected chi connectivity index (χ2v) is 10.7. The van der Waals surface area contributed by atoms with E-state index in [1.54, 1.807) is 0 Å². The Morgan fingerprint density at radius 3 is 1.67 bits per heavy atom. The maximum absolute atomic E-state index is 11.2. The number of hydrogen-bond donors (Lipinski definition) is 1. The van der Waals surface area contributed by atoms with Gasteiger partial charge in [-0.2, -0.15) is 0 Å². The quantitative estimate of drug-likeness (QED) is 0.688. The van der Waals surface area contributed by atoms with Crippen LogP contribution in [0, 0.1) is 0 Å². The fourth-order valence-electron chi connectivity index (χ4n) is 1.86. The Labute approximate surface area is 114 Å². The van der Waals surface area contributed by atoms with Crippen molar-refractivity contribution < 1.29 is 9.90 Å². The molecule has 2 aromatic rings. The molecule has 92 valence electrons. The normalized spacial score (nSPS) is 11.1. The van der Waals surface area contributed by atoms with Crippen LogP contribution in [0.25, 0.3) is 0 Å². The molecule has 0 aliphatic carbocycles. The number of carboxylic acid groups (broad SMARTS) is 1. The van der Waals surface area contributed by atoms with E-state index in [2.05, 4.69) is 15.1 Å². The van der Waals surface area contributed by atoms with Gasteiger partial charge in [0, 0.05) is 0 Å². The Morgan fingerprint density at radius 1 is 0.944 bits per heavy atom. The molecule has 0 aliphatic heterocycles. The van der Waals surface area contributed by atoms with Crippen LogP contribution in [0.3, 0.4) is 0 Å². The Morgan fingerprint density at radius 2 is 1.33 bits per heavy atom. The van der Waals surface area contributed by atoms with E-state index < -0.39 is 11.5 Å². The summed E-state index contributed by atoms with van der Waals surface area (Å²) in [6.45, 7) is 0. The van der Waals surface area contributed by atoms with Crippen molar-refractivity contribution in [2.75, 3.05) is 6.16 Å². The number of carbonyl (C=O) groups is 1. The van der Waals surface area contributed by atoms with Crippen LogP contribution in [0.1, 0.15) is 0 Å². The van der Waals surface area contributed by atoms with Crippen molar-refractivity contribution in [3.63, 3.8) is 0 Å². The number of hydrogen-bond acceptors (Lipinski definition) is 1. The predicted molar refractivity (Wildman–Crippen MR) is 77.3 cm³/mol. The molecule has 0 spiro atoms. The van der Waals surface area contributed by atoms with Gasteiger partial charge in [0.05, 0.1) is 0 Å². The van der Waals surface area contributed by atoms with Gasteiger partial charge in [0.15, 0.2) is 0 Å². The van der Waals surface area contributed by atoms with Gasteiger partial charge in [0.25, 0.3) is 0 Å². The van der Waals surface area contributed by atoms with Crippen LogP contribution in [0.4, 0.5) is 0 Å². The van der Waals surface area contributed by atoms with Crippen molar-refractivity contribution in [1.82, 2.24) is 0 Å². The van der Waals surface area contributed by atoms with Crippen molar-refractivity contribution in [2.24, 2.45) is 0 Å². The molecule has 0 bridgehead atoms. The second-order valence-electron chi connectivity index (χ2n) is 3.96. The summed E-state index contributed by atoms with van der Waals surface area (Å²) in [5, 5.41) is 11.3. The van der Waals surface area contributed by atoms with Gasteiger partial charge in [-0.15, -0.1) is 0 Å². The zero-order valence-corrected chi connectivity index (χ0v) is 12.3. The Bertz CT molecular complexity index is 538. The average Bonchev–Trinajstić information content (AvgIpc) is 2.40. The van der Waals surface area contributed by atoms with Gasteiger partial charge in [0.2, 0.25) is 0 Å². The van der Waals surface area contributed by atoms with Crippen molar-refractivity contribution in [2.45, 2.75) is 0 Å². The summed E-state index contributed by atoms with van der Waals surface area (Å²) in [4.78, 5) is 11.2. The molecule has 2 rings (SSSR count). The molecule has 0 atom stereocenters. The van der Waals surface area contributed by atoms with Crippen LogP contribution in [0.2, 0.25) is 0 Å². The molecule has 0 amide bonds. The average molecular weight is 323 g/mol. The molecular formula is C14H13O2PSe. The topological polar surface area (TPSA) is 37.3 Å². The molecular weight excluding hydrogens is 310 g/mol. The molecule has 0 heterocycles. The molecule has 0 aromatic heterocycles. The Hall–Kier alpha value is -1.14. The van der Waals surface area contributed by atoms with E-state index in [1.807, 2.05) is 60.7 Å². The predicted octanol–water partition coefficient (Wildman–Crippen LogP) is 1.82. The Balaban J connectivity index is 2.55. The first kappa shape index (κ1) is 13.3. The first-order valence-corrected chi connectivity index (χ1v) is 9.74. The maximum atomic E-state index is 11.2. The minimum absolute atomic E-state index is 0.140. The molecule has 2 nitrogen and oxygen atoms in total. The van der Waals surface area contributed by atoms with E-state index in [4.69, 9.17) is 0 Å². The summed E-state index contributed by atoms with van der Waals surface area (Å²) in [6, 6.07) is 19.7. The van der Waals surface area contributed by atoms with E-state index in [0.29, 0.717) is 0 Å². The minimum atomic E-state index is -1.95. The zero-order chi connectivity index (χ0) is 13.0. The molecule has 1 N–H and O–H groups in total. The van der Waals surface area contributed by atoms with E-state index in [9.17, 15) is 9.90 Å². The van der Waals surface area contributed by atoms with Crippen molar-refractivity contribution in [3.8, 4) is 0 Å². The van der Waals surface area contributed by atoms with E-state index in [-0.39, 0.29) is 6.16 Å². The fourth-order valence-corrected chi connectivity index (χ4v) is 6.44. The van der Waals surface area contributed by atoms with Crippen LogP contribution >= 0.6 is 5.51 Å². The first-order chi connectivity index (χ1) is 8.63. The van der Waals surface area contributed by atoms with Crippen molar-refractivity contribution in [1.29, 1.82) is 0 Å². The summed E-state index contributed by atoms with van der Waals surface area (Å²) in [6.07, 6.45) is 0.140. The summed E-state index contributed by atoms with van der Waals surface area (Å²) in [5.74, 6) is -0.769. The van der Waals surface area contributed by atoms with Gasteiger partial charge in [0.1, 0.15) is 0 Å². The van der Waals surface area contributed by atoms with Gasteiger partial charge in [-0.05, 0) is 0 Å². The van der Waals surface area contributed by atoms with Crippen molar-refractivity contribution in [3.05, 3.63) is 60.7 Å². The molecule has 0 unspecified atom stereocenters. The first-order valence-electron chi connectivity index (χ1n) is 5.55. The molecule has 0 saturated heterocycles. The SMILES string of the molecule is O=C(O)CP(=[Se])(c1ccccc1)c1ccccc1. The van der Waals surface area contributed by atoms with Crippen LogP contribution < -0.4 is 10.6 Å². The third kappa shape index (κ3) is 2.81. The summed E-state index contributed by atoms with van der Waals surface area (Å²) >= 11 is 3.18. The summed E-state index contributed by atoms with van der Waals surface area (Å²) < 4.78 is 0. The molecule has 0 fully saturated rings. The molecule has 0 saturated carbocycles. The third-order valence-corrected chi connectivity index (χ3v) is 9.15. The molecule has 4 heteroatoms. The van der Waals surface area contributed by atoms with Crippen LogP contribution in [0.5, 0.6) is 0 Å². The third-order valence-electron chi connectivity index (χ3n) is 2.70. The molecule has 0 radical (unpaired) electrons. The van der Waals surface area contributed by atoms with Gasteiger partial charge in [-0.1, -0.05) is 0 Å². The fraction of sp³-hybridized carbons (Fsp3) is 0.0714. The molecule has 0 aliphatic rings. The summed E-state index contributed by atoms with van der Waals surface area (Å²) in [5.41, 5.74) is -1.95. The van der Waals surface area contributed by atoms with Crippen LogP contribution in [0.15, 0.2) is 60.7 Å². The second kappa shape index (κ2) is 5.67. The van der Waals surface area contributed by atoms with Crippen molar-refractivity contribution >= 4 is 37.2 Å². The van der Waals surface area contributed by atoms with Gasteiger partial charge in [-0.25, -0.2) is 0 Å². The Kier molecular flexibility index (Phi) is 4.19. The number of aliphatic carboxylic acids is 1. The number of benzene rings is 2. The van der Waals surface area contributed by atoms with E-state index in [0.717, 1.165) is 10.6 Å². The van der Waals surface area contributed by atoms with Crippen LogP contribution in [-0.4, -0.2) is 32.3 Å². The van der Waals surface area contributed by atoms with Gasteiger partial charge >= 0.3 is 114 Å². The van der Waals surface area contributed by atoms with Crippen LogP contribution in [-0.2, 0) is 4.79 Å². The van der Waals surface area contributed by atoms with Gasteiger partial charge < -0.3 is 0 Å². The molecule has 2 aromatic carbocycles. The monoisotopic (exact) mass is 324 g/mol. The standard InChI is InChI=1S/C14H13O2PSe/c15-14(16)11-17(18,12-7-3-1-4-8-12)13-9-5-2-6-10-13/h1-10H,11H2,(H,15,16). The van der Waals surface area contributed by atoms with E-state index in [1.165, 1.54) is 0 Å². The summed E-state index contributed by atoms with van der Waals surface area (Å²) in [7, 11) is 0. The number of carboxylic acids is 1. The van der Waals surface area contributed by atoms with E-state index >= 15 is 0 Å². The zero-order valence-electron chi connectivity index (χ0n) is 9.69. The molecule has 18 heavy (non-hydrogen) atoms.